The van der Waals surface area contributed by atoms with Crippen LogP contribution >= 0.6 is 0 Å². The molecule has 0 aromatic carbocycles. The van der Waals surface area contributed by atoms with E-state index in [4.69, 9.17) is 0 Å². The Morgan fingerprint density at radius 2 is 1.87 bits per heavy atom. The van der Waals surface area contributed by atoms with Crippen molar-refractivity contribution in [1.82, 2.24) is 24.6 Å². The van der Waals surface area contributed by atoms with Crippen molar-refractivity contribution in [2.24, 2.45) is 5.92 Å². The van der Waals surface area contributed by atoms with E-state index >= 15 is 0 Å². The van der Waals surface area contributed by atoms with Gasteiger partial charge in [0.2, 0.25) is 5.91 Å². The van der Waals surface area contributed by atoms with Crippen molar-refractivity contribution < 1.29 is 4.79 Å². The maximum atomic E-state index is 11.4. The van der Waals surface area contributed by atoms with Crippen LogP contribution in [0.1, 0.15) is 44.3 Å². The molecule has 2 saturated heterocycles. The van der Waals surface area contributed by atoms with Crippen LogP contribution in [0.2, 0.25) is 0 Å². The molecule has 1 aromatic heterocycles. The monoisotopic (exact) mass is 319 g/mol. The van der Waals surface area contributed by atoms with Gasteiger partial charge in [-0.25, -0.2) is 9.67 Å². The largest absolute Gasteiger partial charge is 0.343 e. The molecule has 128 valence electrons. The highest BCUT2D eigenvalue weighted by molar-refractivity contribution is 5.73. The van der Waals surface area contributed by atoms with Gasteiger partial charge in [0.1, 0.15) is 11.6 Å². The maximum Gasteiger partial charge on any atom is 0.219 e. The molecule has 2 aliphatic heterocycles. The molecule has 2 fully saturated rings. The second kappa shape index (κ2) is 6.99. The molecule has 0 bridgehead atoms. The third kappa shape index (κ3) is 3.91. The first kappa shape index (κ1) is 16.4. The fraction of sp³-hybridized carbons (Fsp3) is 0.824. The standard InChI is InChI=1S/C17H29N5O/c1-13-18-14(2)22(19-13)12-17-5-4-8-21(17)11-16-6-9-20(10-7-16)15(3)23/h16-17H,4-12H2,1-3H3. The first-order valence-electron chi connectivity index (χ1n) is 8.90. The number of hydrogen-bond donors (Lipinski definition) is 0. The summed E-state index contributed by atoms with van der Waals surface area (Å²) in [7, 11) is 0. The number of hydrogen-bond acceptors (Lipinski definition) is 4. The van der Waals surface area contributed by atoms with Crippen molar-refractivity contribution in [3.63, 3.8) is 0 Å². The highest BCUT2D eigenvalue weighted by Crippen LogP contribution is 2.25. The van der Waals surface area contributed by atoms with Gasteiger partial charge < -0.3 is 4.90 Å². The Morgan fingerprint density at radius 3 is 2.48 bits per heavy atom. The van der Waals surface area contributed by atoms with Crippen LogP contribution in [0.3, 0.4) is 0 Å². The number of nitrogens with zero attached hydrogens (tertiary/aromatic N) is 5. The average molecular weight is 319 g/mol. The van der Waals surface area contributed by atoms with Gasteiger partial charge in [0.15, 0.2) is 0 Å². The van der Waals surface area contributed by atoms with Crippen molar-refractivity contribution in [2.45, 2.75) is 59.0 Å². The Bertz CT molecular complexity index is 547. The molecule has 2 aliphatic rings. The van der Waals surface area contributed by atoms with E-state index in [2.05, 4.69) is 19.7 Å². The molecule has 1 aromatic rings. The van der Waals surface area contributed by atoms with E-state index in [-0.39, 0.29) is 5.91 Å². The summed E-state index contributed by atoms with van der Waals surface area (Å²) in [4.78, 5) is 20.5. The highest BCUT2D eigenvalue weighted by Gasteiger charge is 2.29. The zero-order chi connectivity index (χ0) is 16.4. The minimum absolute atomic E-state index is 0.222. The first-order valence-corrected chi connectivity index (χ1v) is 8.90. The smallest absolute Gasteiger partial charge is 0.219 e. The van der Waals surface area contributed by atoms with E-state index in [0.29, 0.717) is 6.04 Å². The quantitative estimate of drug-likeness (QED) is 0.846. The van der Waals surface area contributed by atoms with Gasteiger partial charge in [-0.3, -0.25) is 9.69 Å². The van der Waals surface area contributed by atoms with Crippen molar-refractivity contribution >= 4 is 5.91 Å². The van der Waals surface area contributed by atoms with Crippen LogP contribution in [0.5, 0.6) is 0 Å². The van der Waals surface area contributed by atoms with Gasteiger partial charge in [-0.05, 0) is 52.0 Å². The second-order valence-corrected chi connectivity index (χ2v) is 7.13. The number of aromatic nitrogens is 3. The predicted molar refractivity (Wildman–Crippen MR) is 89.1 cm³/mol. The number of rotatable bonds is 4. The summed E-state index contributed by atoms with van der Waals surface area (Å²) < 4.78 is 2.07. The Morgan fingerprint density at radius 1 is 1.13 bits per heavy atom. The normalized spacial score (nSPS) is 23.6. The fourth-order valence-corrected chi connectivity index (χ4v) is 4.04. The highest BCUT2D eigenvalue weighted by atomic mass is 16.2. The molecule has 3 heterocycles. The Kier molecular flexibility index (Phi) is 4.99. The maximum absolute atomic E-state index is 11.4. The molecule has 6 nitrogen and oxygen atoms in total. The zero-order valence-electron chi connectivity index (χ0n) is 14.7. The van der Waals surface area contributed by atoms with Crippen molar-refractivity contribution in [2.75, 3.05) is 26.2 Å². The van der Waals surface area contributed by atoms with Crippen molar-refractivity contribution in [1.29, 1.82) is 0 Å². The lowest BCUT2D eigenvalue weighted by molar-refractivity contribution is -0.130. The van der Waals surface area contributed by atoms with Gasteiger partial charge in [-0.1, -0.05) is 0 Å². The van der Waals surface area contributed by atoms with Crippen LogP contribution < -0.4 is 0 Å². The van der Waals surface area contributed by atoms with E-state index in [1.54, 1.807) is 6.92 Å². The van der Waals surface area contributed by atoms with Gasteiger partial charge in [0.05, 0.1) is 6.54 Å². The van der Waals surface area contributed by atoms with Crippen LogP contribution in [0.4, 0.5) is 0 Å². The molecule has 3 rings (SSSR count). The summed E-state index contributed by atoms with van der Waals surface area (Å²) in [6, 6.07) is 0.584. The van der Waals surface area contributed by atoms with Crippen LogP contribution in [-0.4, -0.2) is 62.7 Å². The Hall–Kier alpha value is -1.43. The van der Waals surface area contributed by atoms with E-state index < -0.39 is 0 Å². The SMILES string of the molecule is CC(=O)N1CCC(CN2CCCC2Cn2nc(C)nc2C)CC1. The van der Waals surface area contributed by atoms with Crippen LogP contribution in [0, 0.1) is 19.8 Å². The van der Waals surface area contributed by atoms with E-state index in [1.807, 2.05) is 18.7 Å². The Balaban J connectivity index is 1.53. The lowest BCUT2D eigenvalue weighted by atomic mass is 9.96. The lowest BCUT2D eigenvalue weighted by Crippen LogP contribution is -2.42. The predicted octanol–water partition coefficient (Wildman–Crippen LogP) is 1.62. The molecule has 1 amide bonds. The number of amides is 1. The minimum Gasteiger partial charge on any atom is -0.343 e. The topological polar surface area (TPSA) is 54.3 Å². The first-order chi connectivity index (χ1) is 11.0. The molecule has 0 N–H and O–H groups in total. The zero-order valence-corrected chi connectivity index (χ0v) is 14.7. The molecular formula is C17H29N5O. The molecule has 6 heteroatoms. The summed E-state index contributed by atoms with van der Waals surface area (Å²) in [5.41, 5.74) is 0. The molecule has 23 heavy (non-hydrogen) atoms. The van der Waals surface area contributed by atoms with Crippen LogP contribution in [0.25, 0.3) is 0 Å². The summed E-state index contributed by atoms with van der Waals surface area (Å²) in [6.07, 6.45) is 4.82. The molecular weight excluding hydrogens is 290 g/mol. The number of aryl methyl sites for hydroxylation is 2. The second-order valence-electron chi connectivity index (χ2n) is 7.13. The van der Waals surface area contributed by atoms with E-state index in [0.717, 1.165) is 50.0 Å². The third-order valence-corrected chi connectivity index (χ3v) is 5.40. The minimum atomic E-state index is 0.222. The summed E-state index contributed by atoms with van der Waals surface area (Å²) in [6.45, 7) is 10.9. The molecule has 0 aliphatic carbocycles. The van der Waals surface area contributed by atoms with Gasteiger partial charge in [0.25, 0.3) is 0 Å². The van der Waals surface area contributed by atoms with Crippen molar-refractivity contribution in [3.05, 3.63) is 11.6 Å². The lowest BCUT2D eigenvalue weighted by Gasteiger charge is -2.35. The number of piperidine rings is 1. The van der Waals surface area contributed by atoms with E-state index in [1.165, 1.54) is 25.9 Å². The van der Waals surface area contributed by atoms with Gasteiger partial charge in [0, 0.05) is 32.6 Å². The fourth-order valence-electron chi connectivity index (χ4n) is 4.04. The van der Waals surface area contributed by atoms with Crippen molar-refractivity contribution in [3.8, 4) is 0 Å². The van der Waals surface area contributed by atoms with Gasteiger partial charge >= 0.3 is 0 Å². The summed E-state index contributed by atoms with van der Waals surface area (Å²) in [5.74, 6) is 2.83. The number of carbonyl (C=O) groups is 1. The molecule has 0 spiro atoms. The number of likely N-dealkylation sites (tertiary alicyclic amines) is 2. The average Bonchev–Trinajstić information content (AvgIpc) is 3.07. The summed E-state index contributed by atoms with van der Waals surface area (Å²) >= 11 is 0. The van der Waals surface area contributed by atoms with Gasteiger partial charge in [-0.2, -0.15) is 5.10 Å². The summed E-state index contributed by atoms with van der Waals surface area (Å²) in [5, 5.41) is 4.52. The van der Waals surface area contributed by atoms with Crippen LogP contribution in [-0.2, 0) is 11.3 Å². The van der Waals surface area contributed by atoms with Crippen LogP contribution in [0.15, 0.2) is 0 Å². The van der Waals surface area contributed by atoms with E-state index in [9.17, 15) is 4.79 Å². The molecule has 0 saturated carbocycles. The number of carbonyl (C=O) groups excluding carboxylic acids is 1. The molecule has 0 radical (unpaired) electrons. The molecule has 1 atom stereocenters. The Labute approximate surface area is 138 Å². The van der Waals surface area contributed by atoms with Gasteiger partial charge in [-0.15, -0.1) is 0 Å². The molecule has 1 unspecified atom stereocenters. The third-order valence-electron chi connectivity index (χ3n) is 5.40.